The number of furan rings is 1. The molecule has 7 heteroatoms. The highest BCUT2D eigenvalue weighted by Gasteiger charge is 2.07. The Morgan fingerprint density at radius 2 is 2.16 bits per heavy atom. The van der Waals surface area contributed by atoms with E-state index in [9.17, 15) is 0 Å². The number of rotatable bonds is 3. The number of pyridine rings is 1. The molecule has 0 radical (unpaired) electrons. The second kappa shape index (κ2) is 4.99. The molecule has 0 spiro atoms. The van der Waals surface area contributed by atoms with Crippen LogP contribution in [0, 0.1) is 4.77 Å². The van der Waals surface area contributed by atoms with E-state index in [0.717, 1.165) is 5.56 Å². The molecule has 1 N–H and O–H groups in total. The fourth-order valence-electron chi connectivity index (χ4n) is 1.57. The van der Waals surface area contributed by atoms with Crippen molar-refractivity contribution in [3.8, 4) is 11.4 Å². The summed E-state index contributed by atoms with van der Waals surface area (Å²) in [5, 5.41) is 11.1. The van der Waals surface area contributed by atoms with Crippen LogP contribution < -0.4 is 0 Å². The number of nitrogens with one attached hydrogen (secondary N) is 1. The third-order valence-electron chi connectivity index (χ3n) is 2.43. The van der Waals surface area contributed by atoms with E-state index in [1.54, 1.807) is 37.0 Å². The first-order chi connectivity index (χ1) is 9.34. The summed E-state index contributed by atoms with van der Waals surface area (Å²) in [4.78, 5) is 3.97. The van der Waals surface area contributed by atoms with Crippen LogP contribution in [0.3, 0.4) is 0 Å². The highest BCUT2D eigenvalue weighted by atomic mass is 32.1. The maximum atomic E-state index is 5.18. The summed E-state index contributed by atoms with van der Waals surface area (Å²) in [6.07, 6.45) is 6.54. The van der Waals surface area contributed by atoms with Crippen molar-refractivity contribution >= 4 is 18.4 Å². The summed E-state index contributed by atoms with van der Waals surface area (Å²) in [5.41, 5.74) is 0.874. The molecule has 0 fully saturated rings. The first kappa shape index (κ1) is 11.5. The third-order valence-corrected chi connectivity index (χ3v) is 2.70. The van der Waals surface area contributed by atoms with Crippen molar-refractivity contribution in [3.05, 3.63) is 53.5 Å². The lowest BCUT2D eigenvalue weighted by atomic mass is 10.2. The van der Waals surface area contributed by atoms with Crippen molar-refractivity contribution < 1.29 is 4.42 Å². The molecular formula is C12H9N5OS. The average Bonchev–Trinajstić information content (AvgIpc) is 3.07. The lowest BCUT2D eigenvalue weighted by molar-refractivity contribution is 0.559. The van der Waals surface area contributed by atoms with Crippen LogP contribution in [0.5, 0.6) is 0 Å². The summed E-state index contributed by atoms with van der Waals surface area (Å²) in [7, 11) is 0. The SMILES string of the molecule is S=c1[nH]nc(-c2ccncc2)n1/N=C\c1ccco1. The number of hydrogen-bond donors (Lipinski definition) is 1. The van der Waals surface area contributed by atoms with Crippen LogP contribution in [-0.4, -0.2) is 26.1 Å². The van der Waals surface area contributed by atoms with Crippen molar-refractivity contribution in [2.24, 2.45) is 5.10 Å². The summed E-state index contributed by atoms with van der Waals surface area (Å²) in [5.74, 6) is 1.26. The monoisotopic (exact) mass is 271 g/mol. The Labute approximate surface area is 113 Å². The van der Waals surface area contributed by atoms with Gasteiger partial charge in [0.2, 0.25) is 4.77 Å². The van der Waals surface area contributed by atoms with Gasteiger partial charge in [0.15, 0.2) is 5.82 Å². The van der Waals surface area contributed by atoms with Gasteiger partial charge in [0.1, 0.15) is 5.76 Å². The molecule has 0 saturated carbocycles. The predicted molar refractivity (Wildman–Crippen MR) is 72.3 cm³/mol. The largest absolute Gasteiger partial charge is 0.463 e. The van der Waals surface area contributed by atoms with Gasteiger partial charge in [-0.05, 0) is 36.5 Å². The minimum absolute atomic E-state index is 0.412. The van der Waals surface area contributed by atoms with Crippen LogP contribution in [0.1, 0.15) is 5.76 Å². The van der Waals surface area contributed by atoms with Crippen molar-refractivity contribution in [2.45, 2.75) is 0 Å². The van der Waals surface area contributed by atoms with Gasteiger partial charge < -0.3 is 4.42 Å². The molecule has 19 heavy (non-hydrogen) atoms. The van der Waals surface area contributed by atoms with Crippen molar-refractivity contribution in [3.63, 3.8) is 0 Å². The molecule has 6 nitrogen and oxygen atoms in total. The molecule has 0 aliphatic rings. The highest BCUT2D eigenvalue weighted by molar-refractivity contribution is 7.71. The molecule has 0 aromatic carbocycles. The van der Waals surface area contributed by atoms with Gasteiger partial charge in [-0.2, -0.15) is 14.9 Å². The van der Waals surface area contributed by atoms with Crippen LogP contribution in [0.2, 0.25) is 0 Å². The van der Waals surface area contributed by atoms with Gasteiger partial charge in [-0.3, -0.25) is 4.98 Å². The molecule has 0 bridgehead atoms. The first-order valence-corrected chi connectivity index (χ1v) is 5.91. The molecule has 94 valence electrons. The Bertz CT molecular complexity index is 742. The molecule has 3 aromatic heterocycles. The van der Waals surface area contributed by atoms with Crippen molar-refractivity contribution in [2.75, 3.05) is 0 Å². The zero-order valence-electron chi connectivity index (χ0n) is 9.72. The van der Waals surface area contributed by atoms with Gasteiger partial charge in [0.25, 0.3) is 0 Å². The second-order valence-corrected chi connectivity index (χ2v) is 4.05. The smallest absolute Gasteiger partial charge is 0.216 e. The fraction of sp³-hybridized carbons (Fsp3) is 0. The number of hydrogen-bond acceptors (Lipinski definition) is 5. The Hall–Kier alpha value is -2.54. The molecular weight excluding hydrogens is 262 g/mol. The van der Waals surface area contributed by atoms with Gasteiger partial charge in [-0.1, -0.05) is 0 Å². The van der Waals surface area contributed by atoms with Crippen molar-refractivity contribution in [1.29, 1.82) is 0 Å². The quantitative estimate of drug-likeness (QED) is 0.586. The van der Waals surface area contributed by atoms with E-state index in [2.05, 4.69) is 20.3 Å². The zero-order chi connectivity index (χ0) is 13.1. The Morgan fingerprint density at radius 3 is 2.89 bits per heavy atom. The van der Waals surface area contributed by atoms with Gasteiger partial charge in [-0.25, -0.2) is 5.10 Å². The molecule has 0 aliphatic carbocycles. The lowest BCUT2D eigenvalue weighted by Crippen LogP contribution is -1.94. The van der Waals surface area contributed by atoms with E-state index < -0.39 is 0 Å². The first-order valence-electron chi connectivity index (χ1n) is 5.50. The summed E-state index contributed by atoms with van der Waals surface area (Å²) >= 11 is 5.15. The predicted octanol–water partition coefficient (Wildman–Crippen LogP) is 2.48. The summed E-state index contributed by atoms with van der Waals surface area (Å²) in [6.45, 7) is 0. The molecule has 3 aromatic rings. The molecule has 0 aliphatic heterocycles. The van der Waals surface area contributed by atoms with E-state index in [1.807, 2.05) is 12.1 Å². The maximum absolute atomic E-state index is 5.18. The average molecular weight is 271 g/mol. The normalized spacial score (nSPS) is 11.2. The summed E-state index contributed by atoms with van der Waals surface area (Å²) < 4.78 is 7.13. The topological polar surface area (TPSA) is 72.0 Å². The molecule has 0 atom stereocenters. The van der Waals surface area contributed by atoms with E-state index >= 15 is 0 Å². The lowest BCUT2D eigenvalue weighted by Gasteiger charge is -1.99. The van der Waals surface area contributed by atoms with E-state index in [1.165, 1.54) is 4.68 Å². The Balaban J connectivity index is 2.02. The number of aromatic nitrogens is 4. The highest BCUT2D eigenvalue weighted by Crippen LogP contribution is 2.15. The van der Waals surface area contributed by atoms with Gasteiger partial charge in [-0.15, -0.1) is 0 Å². The fourth-order valence-corrected chi connectivity index (χ4v) is 1.75. The molecule has 0 unspecified atom stereocenters. The van der Waals surface area contributed by atoms with Gasteiger partial charge in [0.05, 0.1) is 12.5 Å². The molecule has 0 amide bonds. The van der Waals surface area contributed by atoms with Crippen LogP contribution in [0.4, 0.5) is 0 Å². The maximum Gasteiger partial charge on any atom is 0.216 e. The molecule has 3 rings (SSSR count). The van der Waals surface area contributed by atoms with Gasteiger partial charge >= 0.3 is 0 Å². The minimum atomic E-state index is 0.412. The third kappa shape index (κ3) is 2.36. The molecule has 0 saturated heterocycles. The van der Waals surface area contributed by atoms with Crippen molar-refractivity contribution in [1.82, 2.24) is 19.9 Å². The van der Waals surface area contributed by atoms with Crippen LogP contribution in [-0.2, 0) is 0 Å². The standard InChI is InChI=1S/C12H9N5OS/c19-12-16-15-11(9-3-5-13-6-4-9)17(12)14-8-10-2-1-7-18-10/h1-8H,(H,16,19)/b14-8-. The van der Waals surface area contributed by atoms with E-state index in [0.29, 0.717) is 16.4 Å². The Kier molecular flexibility index (Phi) is 3.03. The van der Waals surface area contributed by atoms with Gasteiger partial charge in [0, 0.05) is 18.0 Å². The van der Waals surface area contributed by atoms with E-state index in [4.69, 9.17) is 16.6 Å². The zero-order valence-corrected chi connectivity index (χ0v) is 10.5. The molecule has 3 heterocycles. The summed E-state index contributed by atoms with van der Waals surface area (Å²) in [6, 6.07) is 7.27. The van der Waals surface area contributed by atoms with Crippen LogP contribution in [0.15, 0.2) is 52.4 Å². The van der Waals surface area contributed by atoms with E-state index in [-0.39, 0.29) is 0 Å². The minimum Gasteiger partial charge on any atom is -0.463 e. The van der Waals surface area contributed by atoms with Crippen LogP contribution >= 0.6 is 12.2 Å². The van der Waals surface area contributed by atoms with Crippen LogP contribution in [0.25, 0.3) is 11.4 Å². The second-order valence-electron chi connectivity index (χ2n) is 3.66. The number of aromatic amines is 1. The number of H-pyrrole nitrogens is 1. The number of nitrogens with zero attached hydrogens (tertiary/aromatic N) is 4. The Morgan fingerprint density at radius 1 is 1.32 bits per heavy atom.